The van der Waals surface area contributed by atoms with E-state index in [0.29, 0.717) is 18.5 Å². The van der Waals surface area contributed by atoms with Crippen LogP contribution in [0.15, 0.2) is 0 Å². The van der Waals surface area contributed by atoms with E-state index in [1.54, 1.807) is 0 Å². The zero-order chi connectivity index (χ0) is 11.3. The molecule has 0 aromatic carbocycles. The zero-order valence-corrected chi connectivity index (χ0v) is 10.3. The molecule has 0 aromatic rings. The quantitative estimate of drug-likeness (QED) is 0.770. The topological polar surface area (TPSA) is 32.3 Å². The standard InChI is InChI=1S/C12H24N2O/c1-10(2)14(3)12(15)8-7-11-6-4-5-9-13-11/h10-11,13H,4-9H2,1-3H3. The molecule has 1 atom stereocenters. The number of hydrogen-bond acceptors (Lipinski definition) is 2. The van der Waals surface area contributed by atoms with Gasteiger partial charge < -0.3 is 10.2 Å². The summed E-state index contributed by atoms with van der Waals surface area (Å²) in [5.74, 6) is 0.275. The fourth-order valence-electron chi connectivity index (χ4n) is 1.93. The third-order valence-corrected chi connectivity index (χ3v) is 3.29. The summed E-state index contributed by atoms with van der Waals surface area (Å²) in [6.07, 6.45) is 5.52. The SMILES string of the molecule is CC(C)N(C)C(=O)CCC1CCCCN1. The maximum atomic E-state index is 11.7. The number of rotatable bonds is 4. The molecule has 1 amide bonds. The van der Waals surface area contributed by atoms with E-state index < -0.39 is 0 Å². The summed E-state index contributed by atoms with van der Waals surface area (Å²) in [4.78, 5) is 13.6. The molecule has 0 aromatic heterocycles. The molecule has 0 radical (unpaired) electrons. The normalized spacial score (nSPS) is 21.7. The molecular weight excluding hydrogens is 188 g/mol. The highest BCUT2D eigenvalue weighted by molar-refractivity contribution is 5.76. The Balaban J connectivity index is 2.20. The van der Waals surface area contributed by atoms with Crippen LogP contribution < -0.4 is 5.32 Å². The Morgan fingerprint density at radius 1 is 1.47 bits per heavy atom. The minimum absolute atomic E-state index is 0.275. The Morgan fingerprint density at radius 3 is 2.73 bits per heavy atom. The lowest BCUT2D eigenvalue weighted by atomic mass is 10.0. The van der Waals surface area contributed by atoms with Gasteiger partial charge in [0.05, 0.1) is 0 Å². The highest BCUT2D eigenvalue weighted by Gasteiger charge is 2.16. The van der Waals surface area contributed by atoms with E-state index in [0.717, 1.165) is 13.0 Å². The molecule has 1 fully saturated rings. The predicted molar refractivity (Wildman–Crippen MR) is 62.8 cm³/mol. The molecule has 1 saturated heterocycles. The van der Waals surface area contributed by atoms with Crippen molar-refractivity contribution in [1.29, 1.82) is 0 Å². The maximum Gasteiger partial charge on any atom is 0.222 e. The van der Waals surface area contributed by atoms with Crippen molar-refractivity contribution in [3.63, 3.8) is 0 Å². The number of carbonyl (C=O) groups is 1. The van der Waals surface area contributed by atoms with Crippen LogP contribution in [-0.4, -0.2) is 36.5 Å². The third-order valence-electron chi connectivity index (χ3n) is 3.29. The molecule has 0 spiro atoms. The van der Waals surface area contributed by atoms with E-state index in [2.05, 4.69) is 19.2 Å². The van der Waals surface area contributed by atoms with Gasteiger partial charge in [-0.05, 0) is 39.7 Å². The highest BCUT2D eigenvalue weighted by Crippen LogP contribution is 2.12. The largest absolute Gasteiger partial charge is 0.343 e. The smallest absolute Gasteiger partial charge is 0.222 e. The minimum Gasteiger partial charge on any atom is -0.343 e. The first-order valence-electron chi connectivity index (χ1n) is 6.10. The Morgan fingerprint density at radius 2 is 2.20 bits per heavy atom. The number of hydrogen-bond donors (Lipinski definition) is 1. The van der Waals surface area contributed by atoms with E-state index in [-0.39, 0.29) is 5.91 Å². The Kier molecular flexibility index (Phi) is 5.09. The Bertz CT molecular complexity index is 198. The first-order valence-corrected chi connectivity index (χ1v) is 6.10. The van der Waals surface area contributed by atoms with Gasteiger partial charge >= 0.3 is 0 Å². The summed E-state index contributed by atoms with van der Waals surface area (Å²) in [6, 6.07) is 0.889. The lowest BCUT2D eigenvalue weighted by molar-refractivity contribution is -0.131. The number of carbonyl (C=O) groups excluding carboxylic acids is 1. The summed E-state index contributed by atoms with van der Waals surface area (Å²) in [5.41, 5.74) is 0. The van der Waals surface area contributed by atoms with Crippen LogP contribution in [0.25, 0.3) is 0 Å². The van der Waals surface area contributed by atoms with Gasteiger partial charge in [0.1, 0.15) is 0 Å². The van der Waals surface area contributed by atoms with Crippen LogP contribution in [0.2, 0.25) is 0 Å². The van der Waals surface area contributed by atoms with Crippen LogP contribution in [0.4, 0.5) is 0 Å². The summed E-state index contributed by atoms with van der Waals surface area (Å²) >= 11 is 0. The van der Waals surface area contributed by atoms with Gasteiger partial charge in [-0.1, -0.05) is 6.42 Å². The summed E-state index contributed by atoms with van der Waals surface area (Å²) in [7, 11) is 1.89. The summed E-state index contributed by atoms with van der Waals surface area (Å²) in [5, 5.41) is 3.47. The number of nitrogens with zero attached hydrogens (tertiary/aromatic N) is 1. The first kappa shape index (κ1) is 12.5. The van der Waals surface area contributed by atoms with Crippen molar-refractivity contribution in [1.82, 2.24) is 10.2 Å². The fourth-order valence-corrected chi connectivity index (χ4v) is 1.93. The van der Waals surface area contributed by atoms with E-state index in [4.69, 9.17) is 0 Å². The van der Waals surface area contributed by atoms with Crippen LogP contribution in [0.3, 0.4) is 0 Å². The summed E-state index contributed by atoms with van der Waals surface area (Å²) in [6.45, 7) is 5.23. The molecule has 0 aliphatic carbocycles. The van der Waals surface area contributed by atoms with E-state index in [1.165, 1.54) is 19.3 Å². The van der Waals surface area contributed by atoms with E-state index in [9.17, 15) is 4.79 Å². The van der Waals surface area contributed by atoms with Gasteiger partial charge in [-0.2, -0.15) is 0 Å². The first-order chi connectivity index (χ1) is 7.11. The molecule has 1 N–H and O–H groups in total. The molecule has 1 aliphatic heterocycles. The molecule has 3 nitrogen and oxygen atoms in total. The molecule has 1 rings (SSSR count). The molecule has 88 valence electrons. The molecule has 0 bridgehead atoms. The molecule has 1 heterocycles. The predicted octanol–water partition coefficient (Wildman–Crippen LogP) is 1.78. The number of amides is 1. The average molecular weight is 212 g/mol. The van der Waals surface area contributed by atoms with Gasteiger partial charge in [-0.3, -0.25) is 4.79 Å². The van der Waals surface area contributed by atoms with Gasteiger partial charge in [-0.25, -0.2) is 0 Å². The molecular formula is C12H24N2O. The van der Waals surface area contributed by atoms with Crippen molar-refractivity contribution in [2.75, 3.05) is 13.6 Å². The lowest BCUT2D eigenvalue weighted by Crippen LogP contribution is -2.37. The Hall–Kier alpha value is -0.570. The van der Waals surface area contributed by atoms with Gasteiger partial charge in [0.2, 0.25) is 5.91 Å². The van der Waals surface area contributed by atoms with Crippen LogP contribution in [0.1, 0.15) is 46.0 Å². The van der Waals surface area contributed by atoms with Crippen molar-refractivity contribution < 1.29 is 4.79 Å². The van der Waals surface area contributed by atoms with Gasteiger partial charge in [-0.15, -0.1) is 0 Å². The lowest BCUT2D eigenvalue weighted by Gasteiger charge is -2.25. The average Bonchev–Trinajstić information content (AvgIpc) is 2.26. The van der Waals surface area contributed by atoms with Crippen molar-refractivity contribution in [3.05, 3.63) is 0 Å². The van der Waals surface area contributed by atoms with Gasteiger partial charge in [0.15, 0.2) is 0 Å². The molecule has 1 aliphatic rings. The van der Waals surface area contributed by atoms with Crippen molar-refractivity contribution in [2.24, 2.45) is 0 Å². The van der Waals surface area contributed by atoms with Crippen molar-refractivity contribution in [3.8, 4) is 0 Å². The number of piperidine rings is 1. The fraction of sp³-hybridized carbons (Fsp3) is 0.917. The molecule has 1 unspecified atom stereocenters. The zero-order valence-electron chi connectivity index (χ0n) is 10.3. The van der Waals surface area contributed by atoms with Gasteiger partial charge in [0.25, 0.3) is 0 Å². The summed E-state index contributed by atoms with van der Waals surface area (Å²) < 4.78 is 0. The van der Waals surface area contributed by atoms with E-state index >= 15 is 0 Å². The Labute approximate surface area is 93.2 Å². The molecule has 15 heavy (non-hydrogen) atoms. The van der Waals surface area contributed by atoms with Crippen LogP contribution >= 0.6 is 0 Å². The molecule has 3 heteroatoms. The maximum absolute atomic E-state index is 11.7. The third kappa shape index (κ3) is 4.20. The van der Waals surface area contributed by atoms with Crippen molar-refractivity contribution >= 4 is 5.91 Å². The monoisotopic (exact) mass is 212 g/mol. The second-order valence-electron chi connectivity index (χ2n) is 4.78. The highest BCUT2D eigenvalue weighted by atomic mass is 16.2. The number of nitrogens with one attached hydrogen (secondary N) is 1. The second kappa shape index (κ2) is 6.11. The van der Waals surface area contributed by atoms with Crippen LogP contribution in [0.5, 0.6) is 0 Å². The van der Waals surface area contributed by atoms with Crippen LogP contribution in [0, 0.1) is 0 Å². The molecule has 0 saturated carbocycles. The second-order valence-corrected chi connectivity index (χ2v) is 4.78. The van der Waals surface area contributed by atoms with Gasteiger partial charge in [0, 0.05) is 25.6 Å². The van der Waals surface area contributed by atoms with Crippen molar-refractivity contribution in [2.45, 2.75) is 58.0 Å². The minimum atomic E-state index is 0.275. The van der Waals surface area contributed by atoms with Crippen LogP contribution in [-0.2, 0) is 4.79 Å². The van der Waals surface area contributed by atoms with E-state index in [1.807, 2.05) is 11.9 Å².